The molecule has 0 aliphatic rings. The standard InChI is InChI=1S/C23H23N3O3/c1-16-7-3-5-9-19(16)26-22(27)18-12-13-24-20(15-18)23(28)25-14-11-17-8-4-6-10-21(17)29-2/h3-10,12-13,15H,11,14H2,1-2H3,(H,25,28)(H,26,27). The lowest BCUT2D eigenvalue weighted by Gasteiger charge is -2.10. The van der Waals surface area contributed by atoms with Gasteiger partial charge in [0.15, 0.2) is 0 Å². The summed E-state index contributed by atoms with van der Waals surface area (Å²) in [4.78, 5) is 29.1. The number of aryl methyl sites for hydroxylation is 1. The Morgan fingerprint density at radius 3 is 2.55 bits per heavy atom. The Bertz CT molecular complexity index is 1020. The van der Waals surface area contributed by atoms with Crippen LogP contribution >= 0.6 is 0 Å². The van der Waals surface area contributed by atoms with Crippen LogP contribution in [-0.4, -0.2) is 30.5 Å². The number of aromatic nitrogens is 1. The molecule has 1 aromatic heterocycles. The van der Waals surface area contributed by atoms with Crippen molar-refractivity contribution < 1.29 is 14.3 Å². The molecule has 6 nitrogen and oxygen atoms in total. The van der Waals surface area contributed by atoms with Gasteiger partial charge in [-0.15, -0.1) is 0 Å². The van der Waals surface area contributed by atoms with Crippen LogP contribution in [0.2, 0.25) is 0 Å². The zero-order valence-corrected chi connectivity index (χ0v) is 16.4. The van der Waals surface area contributed by atoms with Gasteiger partial charge in [-0.2, -0.15) is 0 Å². The number of hydrogen-bond acceptors (Lipinski definition) is 4. The van der Waals surface area contributed by atoms with Crippen molar-refractivity contribution >= 4 is 17.5 Å². The molecule has 3 rings (SSSR count). The summed E-state index contributed by atoms with van der Waals surface area (Å²) in [5, 5.41) is 5.69. The number of ether oxygens (including phenoxy) is 1. The van der Waals surface area contributed by atoms with Crippen LogP contribution in [-0.2, 0) is 6.42 Å². The molecule has 0 atom stereocenters. The summed E-state index contributed by atoms with van der Waals surface area (Å²) in [5.41, 5.74) is 3.27. The number of amides is 2. The van der Waals surface area contributed by atoms with Crippen molar-refractivity contribution in [3.05, 3.63) is 89.2 Å². The lowest BCUT2D eigenvalue weighted by Crippen LogP contribution is -2.27. The SMILES string of the molecule is COc1ccccc1CCNC(=O)c1cc(C(=O)Nc2ccccc2C)ccn1. The van der Waals surface area contributed by atoms with E-state index in [1.54, 1.807) is 13.2 Å². The summed E-state index contributed by atoms with van der Waals surface area (Å²) in [7, 11) is 1.62. The number of benzene rings is 2. The first-order valence-corrected chi connectivity index (χ1v) is 9.31. The van der Waals surface area contributed by atoms with Gasteiger partial charge in [-0.05, 0) is 48.7 Å². The normalized spacial score (nSPS) is 10.3. The second kappa shape index (κ2) is 9.50. The largest absolute Gasteiger partial charge is 0.496 e. The first kappa shape index (κ1) is 20.1. The van der Waals surface area contributed by atoms with Gasteiger partial charge in [0.1, 0.15) is 11.4 Å². The van der Waals surface area contributed by atoms with Crippen LogP contribution in [0, 0.1) is 6.92 Å². The molecule has 0 radical (unpaired) electrons. The average molecular weight is 389 g/mol. The Hall–Kier alpha value is -3.67. The maximum atomic E-state index is 12.5. The van der Waals surface area contributed by atoms with Crippen molar-refractivity contribution in [2.45, 2.75) is 13.3 Å². The fourth-order valence-corrected chi connectivity index (χ4v) is 2.91. The molecule has 0 aliphatic carbocycles. The summed E-state index contributed by atoms with van der Waals surface area (Å²) in [6.45, 7) is 2.35. The van der Waals surface area contributed by atoms with E-state index in [1.165, 1.54) is 12.3 Å². The van der Waals surface area contributed by atoms with E-state index in [4.69, 9.17) is 4.74 Å². The second-order valence-corrected chi connectivity index (χ2v) is 6.52. The topological polar surface area (TPSA) is 80.3 Å². The van der Waals surface area contributed by atoms with Crippen LogP contribution < -0.4 is 15.4 Å². The molecule has 0 aliphatic heterocycles. The number of anilines is 1. The molecule has 0 fully saturated rings. The monoisotopic (exact) mass is 389 g/mol. The van der Waals surface area contributed by atoms with Gasteiger partial charge in [0.2, 0.25) is 0 Å². The Labute approximate surface area is 169 Å². The number of nitrogens with zero attached hydrogens (tertiary/aromatic N) is 1. The highest BCUT2D eigenvalue weighted by molar-refractivity contribution is 6.06. The number of carbonyl (C=O) groups is 2. The maximum absolute atomic E-state index is 12.5. The van der Waals surface area contributed by atoms with Gasteiger partial charge in [-0.1, -0.05) is 36.4 Å². The van der Waals surface area contributed by atoms with Crippen molar-refractivity contribution in [3.63, 3.8) is 0 Å². The number of nitrogens with one attached hydrogen (secondary N) is 2. The third-order valence-electron chi connectivity index (χ3n) is 4.52. The first-order valence-electron chi connectivity index (χ1n) is 9.31. The van der Waals surface area contributed by atoms with E-state index < -0.39 is 0 Å². The lowest BCUT2D eigenvalue weighted by atomic mass is 10.1. The minimum Gasteiger partial charge on any atom is -0.496 e. The van der Waals surface area contributed by atoms with Crippen LogP contribution in [0.4, 0.5) is 5.69 Å². The summed E-state index contributed by atoms with van der Waals surface area (Å²) in [5.74, 6) is 0.171. The number of methoxy groups -OCH3 is 1. The second-order valence-electron chi connectivity index (χ2n) is 6.52. The molecule has 2 amide bonds. The van der Waals surface area contributed by atoms with Gasteiger partial charge in [-0.3, -0.25) is 14.6 Å². The summed E-state index contributed by atoms with van der Waals surface area (Å²) < 4.78 is 5.32. The molecular weight excluding hydrogens is 366 g/mol. The summed E-state index contributed by atoms with van der Waals surface area (Å²) in [6.07, 6.45) is 2.09. The third-order valence-corrected chi connectivity index (χ3v) is 4.52. The number of carbonyl (C=O) groups excluding carboxylic acids is 2. The highest BCUT2D eigenvalue weighted by Gasteiger charge is 2.13. The average Bonchev–Trinajstić information content (AvgIpc) is 2.75. The molecule has 0 saturated carbocycles. The van der Waals surface area contributed by atoms with E-state index in [1.807, 2.05) is 55.5 Å². The zero-order chi connectivity index (χ0) is 20.6. The molecule has 3 aromatic rings. The predicted molar refractivity (Wildman–Crippen MR) is 112 cm³/mol. The van der Waals surface area contributed by atoms with E-state index in [2.05, 4.69) is 15.6 Å². The Kier molecular flexibility index (Phi) is 6.58. The van der Waals surface area contributed by atoms with E-state index in [-0.39, 0.29) is 17.5 Å². The Balaban J connectivity index is 1.62. The van der Waals surface area contributed by atoms with Crippen LogP contribution in [0.5, 0.6) is 5.75 Å². The Morgan fingerprint density at radius 1 is 1.00 bits per heavy atom. The van der Waals surface area contributed by atoms with Gasteiger partial charge in [0.25, 0.3) is 11.8 Å². The minimum absolute atomic E-state index is 0.197. The van der Waals surface area contributed by atoms with Crippen molar-refractivity contribution in [1.29, 1.82) is 0 Å². The molecule has 29 heavy (non-hydrogen) atoms. The first-order chi connectivity index (χ1) is 14.1. The molecular formula is C23H23N3O3. The summed E-state index contributed by atoms with van der Waals surface area (Å²) >= 11 is 0. The minimum atomic E-state index is -0.328. The highest BCUT2D eigenvalue weighted by Crippen LogP contribution is 2.17. The van der Waals surface area contributed by atoms with Gasteiger partial charge in [0.05, 0.1) is 7.11 Å². The van der Waals surface area contributed by atoms with Crippen molar-refractivity contribution in [3.8, 4) is 5.75 Å². The zero-order valence-electron chi connectivity index (χ0n) is 16.4. The molecule has 2 aromatic carbocycles. The van der Waals surface area contributed by atoms with E-state index in [9.17, 15) is 9.59 Å². The van der Waals surface area contributed by atoms with Gasteiger partial charge < -0.3 is 15.4 Å². The fraction of sp³-hybridized carbons (Fsp3) is 0.174. The van der Waals surface area contributed by atoms with Crippen LogP contribution in [0.3, 0.4) is 0 Å². The van der Waals surface area contributed by atoms with Gasteiger partial charge in [0, 0.05) is 24.0 Å². The predicted octanol–water partition coefficient (Wildman–Crippen LogP) is 3.62. The van der Waals surface area contributed by atoms with E-state index in [0.717, 1.165) is 22.6 Å². The maximum Gasteiger partial charge on any atom is 0.269 e. The molecule has 0 saturated heterocycles. The Morgan fingerprint density at radius 2 is 1.76 bits per heavy atom. The summed E-state index contributed by atoms with van der Waals surface area (Å²) in [6, 6.07) is 18.3. The number of hydrogen-bond donors (Lipinski definition) is 2. The number of para-hydroxylation sites is 2. The molecule has 0 unspecified atom stereocenters. The van der Waals surface area contributed by atoms with Crippen LogP contribution in [0.15, 0.2) is 66.9 Å². The smallest absolute Gasteiger partial charge is 0.269 e. The van der Waals surface area contributed by atoms with Crippen molar-refractivity contribution in [2.75, 3.05) is 19.0 Å². The molecule has 0 spiro atoms. The van der Waals surface area contributed by atoms with Crippen molar-refractivity contribution in [2.24, 2.45) is 0 Å². The third kappa shape index (κ3) is 5.19. The van der Waals surface area contributed by atoms with E-state index in [0.29, 0.717) is 18.5 Å². The highest BCUT2D eigenvalue weighted by atomic mass is 16.5. The number of rotatable bonds is 7. The quantitative estimate of drug-likeness (QED) is 0.647. The molecule has 0 bridgehead atoms. The fourth-order valence-electron chi connectivity index (χ4n) is 2.91. The molecule has 148 valence electrons. The molecule has 2 N–H and O–H groups in total. The van der Waals surface area contributed by atoms with Crippen LogP contribution in [0.1, 0.15) is 32.0 Å². The van der Waals surface area contributed by atoms with Crippen LogP contribution in [0.25, 0.3) is 0 Å². The number of pyridine rings is 1. The lowest BCUT2D eigenvalue weighted by molar-refractivity contribution is 0.0949. The molecule has 1 heterocycles. The van der Waals surface area contributed by atoms with Gasteiger partial charge >= 0.3 is 0 Å². The van der Waals surface area contributed by atoms with Crippen molar-refractivity contribution in [1.82, 2.24) is 10.3 Å². The molecule has 6 heteroatoms. The van der Waals surface area contributed by atoms with E-state index >= 15 is 0 Å². The van der Waals surface area contributed by atoms with Gasteiger partial charge in [-0.25, -0.2) is 0 Å².